The normalized spacial score (nSPS) is 44.3. The number of hydrogen-bond donors (Lipinski definition) is 5. The molecule has 1 amide bonds. The second-order valence-electron chi connectivity index (χ2n) is 11.6. The smallest absolute Gasteiger partial charge is 0.407 e. The summed E-state index contributed by atoms with van der Waals surface area (Å²) in [6, 6.07) is 0. The molecular weight excluding hydrogens is 422 g/mol. The highest BCUT2D eigenvalue weighted by atomic mass is 16.6. The molecule has 0 aromatic rings. The molecule has 8 atom stereocenters. The maximum Gasteiger partial charge on any atom is 0.407 e. The van der Waals surface area contributed by atoms with Crippen molar-refractivity contribution in [2.45, 2.75) is 83.3 Å². The van der Waals surface area contributed by atoms with E-state index in [1.54, 1.807) is 0 Å². The Balaban J connectivity index is 1.37. The minimum atomic E-state index is -0.678. The first-order valence-electron chi connectivity index (χ1n) is 12.9. The molecule has 4 fully saturated rings. The first kappa shape index (κ1) is 24.7. The van der Waals surface area contributed by atoms with Crippen molar-refractivity contribution in [3.63, 3.8) is 0 Å². The monoisotopic (exact) mass is 465 g/mol. The van der Waals surface area contributed by atoms with Crippen LogP contribution in [0.4, 0.5) is 4.79 Å². The zero-order valence-corrected chi connectivity index (χ0v) is 20.3. The van der Waals surface area contributed by atoms with Crippen LogP contribution in [0.3, 0.4) is 0 Å². The van der Waals surface area contributed by atoms with E-state index in [-0.39, 0.29) is 41.1 Å². The molecule has 4 saturated carbocycles. The third-order valence-electron chi connectivity index (χ3n) is 10.4. The van der Waals surface area contributed by atoms with Gasteiger partial charge in [-0.15, -0.1) is 0 Å². The Morgan fingerprint density at radius 1 is 1.00 bits per heavy atom. The summed E-state index contributed by atoms with van der Waals surface area (Å²) in [5, 5.41) is 24.4. The van der Waals surface area contributed by atoms with E-state index in [1.165, 1.54) is 0 Å². The van der Waals surface area contributed by atoms with Crippen molar-refractivity contribution in [1.82, 2.24) is 10.6 Å². The number of carbonyl (C=O) groups excluding carboxylic acids is 1. The lowest BCUT2D eigenvalue weighted by Gasteiger charge is -2.64. The third-order valence-corrected chi connectivity index (χ3v) is 10.4. The van der Waals surface area contributed by atoms with Crippen molar-refractivity contribution in [3.05, 3.63) is 0 Å². The van der Waals surface area contributed by atoms with Crippen molar-refractivity contribution < 1.29 is 24.5 Å². The molecule has 188 valence electrons. The van der Waals surface area contributed by atoms with Gasteiger partial charge in [0.05, 0.1) is 12.5 Å². The van der Waals surface area contributed by atoms with Crippen LogP contribution in [0.2, 0.25) is 0 Å². The highest BCUT2D eigenvalue weighted by Gasteiger charge is 2.67. The van der Waals surface area contributed by atoms with Gasteiger partial charge in [-0.3, -0.25) is 4.79 Å². The van der Waals surface area contributed by atoms with Crippen molar-refractivity contribution in [3.8, 4) is 0 Å². The molecule has 4 rings (SSSR count). The Morgan fingerprint density at radius 3 is 2.52 bits per heavy atom. The van der Waals surface area contributed by atoms with Crippen molar-refractivity contribution in [2.75, 3.05) is 26.2 Å². The summed E-state index contributed by atoms with van der Waals surface area (Å²) in [5.41, 5.74) is 6.66. The molecule has 0 aromatic heterocycles. The molecule has 0 radical (unpaired) electrons. The lowest BCUT2D eigenvalue weighted by molar-refractivity contribution is -0.157. The minimum Gasteiger partial charge on any atom is -0.481 e. The molecule has 4 aliphatic carbocycles. The summed E-state index contributed by atoms with van der Waals surface area (Å²) in [5.74, 6) is 0.420. The van der Waals surface area contributed by atoms with Crippen LogP contribution in [0, 0.1) is 34.5 Å². The van der Waals surface area contributed by atoms with Gasteiger partial charge in [0.2, 0.25) is 0 Å². The predicted molar refractivity (Wildman–Crippen MR) is 125 cm³/mol. The lowest BCUT2D eigenvalue weighted by atomic mass is 9.42. The van der Waals surface area contributed by atoms with E-state index in [0.717, 1.165) is 51.4 Å². The Morgan fingerprint density at radius 2 is 1.79 bits per heavy atom. The van der Waals surface area contributed by atoms with Crippen LogP contribution in [0.25, 0.3) is 0 Å². The number of carbonyl (C=O) groups is 2. The van der Waals surface area contributed by atoms with Gasteiger partial charge in [-0.2, -0.15) is 0 Å². The summed E-state index contributed by atoms with van der Waals surface area (Å²) in [6.07, 6.45) is 8.02. The molecule has 8 heteroatoms. The number of rotatable bonds is 7. The summed E-state index contributed by atoms with van der Waals surface area (Å²) >= 11 is 0. The summed E-state index contributed by atoms with van der Waals surface area (Å²) in [4.78, 5) is 24.2. The fourth-order valence-electron chi connectivity index (χ4n) is 8.44. The Kier molecular flexibility index (Phi) is 7.00. The number of hydrogen-bond acceptors (Lipinski definition) is 6. The van der Waals surface area contributed by atoms with Crippen LogP contribution in [0.15, 0.2) is 0 Å². The highest BCUT2D eigenvalue weighted by Crippen LogP contribution is 2.68. The summed E-state index contributed by atoms with van der Waals surface area (Å²) < 4.78 is 5.76. The van der Waals surface area contributed by atoms with Gasteiger partial charge < -0.3 is 31.3 Å². The van der Waals surface area contributed by atoms with Gasteiger partial charge in [-0.25, -0.2) is 4.79 Å². The molecular formula is C25H43N3O5. The Bertz CT molecular complexity index is 750. The van der Waals surface area contributed by atoms with Crippen LogP contribution in [0.5, 0.6) is 0 Å². The van der Waals surface area contributed by atoms with Crippen LogP contribution >= 0.6 is 0 Å². The molecule has 0 heterocycles. The largest absolute Gasteiger partial charge is 0.481 e. The topological polar surface area (TPSA) is 134 Å². The van der Waals surface area contributed by atoms with E-state index in [1.807, 2.05) is 0 Å². The molecule has 8 nitrogen and oxygen atoms in total. The molecule has 0 aromatic carbocycles. The number of aliphatic carboxylic acids is 1. The summed E-state index contributed by atoms with van der Waals surface area (Å²) in [6.45, 7) is 6.25. The number of amides is 1. The number of carboxylic acid groups (broad SMARTS) is 1. The molecule has 4 aliphatic rings. The average molecular weight is 466 g/mol. The van der Waals surface area contributed by atoms with Crippen molar-refractivity contribution in [1.29, 1.82) is 0 Å². The zero-order valence-electron chi connectivity index (χ0n) is 20.3. The van der Waals surface area contributed by atoms with Gasteiger partial charge >= 0.3 is 12.1 Å². The average Bonchev–Trinajstić information content (AvgIpc) is 3.05. The zero-order chi connectivity index (χ0) is 23.9. The van der Waals surface area contributed by atoms with Gasteiger partial charge in [-0.1, -0.05) is 13.8 Å². The van der Waals surface area contributed by atoms with E-state index in [4.69, 9.17) is 15.6 Å². The van der Waals surface area contributed by atoms with Crippen LogP contribution in [0.1, 0.15) is 71.6 Å². The Labute approximate surface area is 197 Å². The van der Waals surface area contributed by atoms with Gasteiger partial charge in [0.1, 0.15) is 6.10 Å². The number of alkyl carbamates (subject to hydrolysis) is 1. The molecule has 0 saturated heterocycles. The van der Waals surface area contributed by atoms with Gasteiger partial charge in [0.25, 0.3) is 0 Å². The number of aliphatic hydroxyl groups is 1. The second-order valence-corrected chi connectivity index (χ2v) is 11.6. The second kappa shape index (κ2) is 9.34. The number of aliphatic hydroxyl groups excluding tert-OH is 1. The van der Waals surface area contributed by atoms with E-state index < -0.39 is 5.97 Å². The molecule has 6 N–H and O–H groups in total. The maximum atomic E-state index is 12.2. The van der Waals surface area contributed by atoms with Crippen LogP contribution in [-0.2, 0) is 9.53 Å². The SMILES string of the molecule is C[C@]12CC[C@H](OC(=O)NCCNCCO)C[C@H]1CC[C@@H]1[C@@H]2CC[C@]2(C)[C@@H](C(=O)O)CC[C@]12N. The number of ether oxygens (including phenoxy) is 1. The number of nitrogens with one attached hydrogen (secondary N) is 2. The quantitative estimate of drug-likeness (QED) is 0.365. The fourth-order valence-corrected chi connectivity index (χ4v) is 8.44. The lowest BCUT2D eigenvalue weighted by Crippen LogP contribution is -2.66. The van der Waals surface area contributed by atoms with Crippen LogP contribution < -0.4 is 16.4 Å². The molecule has 0 bridgehead atoms. The van der Waals surface area contributed by atoms with Crippen molar-refractivity contribution in [2.24, 2.45) is 40.2 Å². The molecule has 0 spiro atoms. The first-order chi connectivity index (χ1) is 15.7. The number of fused-ring (bicyclic) bond motifs is 5. The molecule has 33 heavy (non-hydrogen) atoms. The Hall–Kier alpha value is -1.38. The highest BCUT2D eigenvalue weighted by molar-refractivity contribution is 5.72. The standard InChI is InChI=1S/C25H43N3O5/c1-23-8-5-17(33-22(32)28-12-11-27-13-14-29)15-16(23)3-4-19-18(23)6-9-24(2)20(21(30)31)7-10-25(19,24)26/h16-20,27,29H,3-15,26H2,1-2H3,(H,28,32)(H,30,31)/t16-,17+,18+,19-,20-,23+,24-,25+/m1/s1. The predicted octanol–water partition coefficient (Wildman–Crippen LogP) is 2.49. The molecule has 0 unspecified atom stereocenters. The van der Waals surface area contributed by atoms with Gasteiger partial charge in [0, 0.05) is 25.2 Å². The van der Waals surface area contributed by atoms with E-state index >= 15 is 0 Å². The van der Waals surface area contributed by atoms with E-state index in [9.17, 15) is 14.7 Å². The van der Waals surface area contributed by atoms with Gasteiger partial charge in [0.15, 0.2) is 0 Å². The third kappa shape index (κ3) is 4.16. The first-order valence-corrected chi connectivity index (χ1v) is 12.9. The van der Waals surface area contributed by atoms with E-state index in [2.05, 4.69) is 24.5 Å². The number of carboxylic acids is 1. The minimum absolute atomic E-state index is 0.0476. The van der Waals surface area contributed by atoms with E-state index in [0.29, 0.717) is 43.8 Å². The number of nitrogens with two attached hydrogens (primary N) is 1. The fraction of sp³-hybridized carbons (Fsp3) is 0.920. The summed E-state index contributed by atoms with van der Waals surface area (Å²) in [7, 11) is 0. The maximum absolute atomic E-state index is 12.2. The molecule has 0 aliphatic heterocycles. The van der Waals surface area contributed by atoms with Crippen molar-refractivity contribution >= 4 is 12.1 Å². The van der Waals surface area contributed by atoms with Gasteiger partial charge in [-0.05, 0) is 86.4 Å². The van der Waals surface area contributed by atoms with Crippen LogP contribution in [-0.4, -0.2) is 60.2 Å².